The number of fused-ring (bicyclic) bond motifs is 2. The third kappa shape index (κ3) is 2.23. The summed E-state index contributed by atoms with van der Waals surface area (Å²) in [6.07, 6.45) is 0. The maximum absolute atomic E-state index is 12.2. The predicted octanol–water partition coefficient (Wildman–Crippen LogP) is 4.42. The fourth-order valence-corrected chi connectivity index (χ4v) is 2.66. The van der Waals surface area contributed by atoms with Crippen LogP contribution < -0.4 is 10.9 Å². The number of H-pyrrole nitrogens is 1. The first kappa shape index (κ1) is 12.7. The van der Waals surface area contributed by atoms with Gasteiger partial charge in [-0.1, -0.05) is 48.5 Å². The first-order valence-corrected chi connectivity index (χ1v) is 7.17. The second-order valence-corrected chi connectivity index (χ2v) is 5.29. The number of pyridine rings is 1. The van der Waals surface area contributed by atoms with Crippen LogP contribution in [0.25, 0.3) is 21.7 Å². The van der Waals surface area contributed by atoms with Crippen LogP contribution in [0.15, 0.2) is 77.6 Å². The van der Waals surface area contributed by atoms with Crippen LogP contribution >= 0.6 is 0 Å². The van der Waals surface area contributed by atoms with E-state index in [0.29, 0.717) is 5.69 Å². The lowest BCUT2D eigenvalue weighted by Crippen LogP contribution is -2.11. The first-order valence-electron chi connectivity index (χ1n) is 7.17. The van der Waals surface area contributed by atoms with Gasteiger partial charge in [-0.15, -0.1) is 0 Å². The van der Waals surface area contributed by atoms with Crippen molar-refractivity contribution in [2.75, 3.05) is 5.32 Å². The summed E-state index contributed by atoms with van der Waals surface area (Å²) < 4.78 is 0. The largest absolute Gasteiger partial charge is 0.351 e. The zero-order valence-corrected chi connectivity index (χ0v) is 11.8. The summed E-state index contributed by atoms with van der Waals surface area (Å²) in [6, 6.07) is 23.9. The lowest BCUT2D eigenvalue weighted by atomic mass is 10.1. The van der Waals surface area contributed by atoms with E-state index in [2.05, 4.69) is 22.4 Å². The number of benzene rings is 3. The van der Waals surface area contributed by atoms with Crippen molar-refractivity contribution in [1.82, 2.24) is 4.98 Å². The molecule has 106 valence electrons. The normalized spacial score (nSPS) is 10.9. The van der Waals surface area contributed by atoms with E-state index in [1.54, 1.807) is 0 Å². The Morgan fingerprint density at radius 3 is 2.32 bits per heavy atom. The number of nitrogens with one attached hydrogen (secondary N) is 2. The summed E-state index contributed by atoms with van der Waals surface area (Å²) >= 11 is 0. The third-order valence-corrected chi connectivity index (χ3v) is 3.78. The summed E-state index contributed by atoms with van der Waals surface area (Å²) in [5.74, 6) is 0. The molecule has 0 aliphatic carbocycles. The van der Waals surface area contributed by atoms with Crippen LogP contribution in [0.1, 0.15) is 0 Å². The van der Waals surface area contributed by atoms with Gasteiger partial charge in [-0.25, -0.2) is 0 Å². The van der Waals surface area contributed by atoms with Gasteiger partial charge >= 0.3 is 0 Å². The Bertz CT molecular complexity index is 1030. The van der Waals surface area contributed by atoms with E-state index in [9.17, 15) is 4.79 Å². The monoisotopic (exact) mass is 286 g/mol. The lowest BCUT2D eigenvalue weighted by Gasteiger charge is -2.08. The van der Waals surface area contributed by atoms with Crippen LogP contribution in [-0.2, 0) is 0 Å². The van der Waals surface area contributed by atoms with E-state index in [0.717, 1.165) is 22.0 Å². The Labute approximate surface area is 127 Å². The van der Waals surface area contributed by atoms with E-state index in [4.69, 9.17) is 0 Å². The van der Waals surface area contributed by atoms with E-state index in [1.165, 1.54) is 5.39 Å². The van der Waals surface area contributed by atoms with Gasteiger partial charge in [0.15, 0.2) is 0 Å². The molecular formula is C19H14N2O. The zero-order chi connectivity index (χ0) is 14.9. The summed E-state index contributed by atoms with van der Waals surface area (Å²) in [4.78, 5) is 15.1. The highest BCUT2D eigenvalue weighted by Gasteiger charge is 2.03. The molecule has 3 nitrogen and oxygen atoms in total. The molecule has 0 saturated carbocycles. The Hall–Kier alpha value is -3.07. The van der Waals surface area contributed by atoms with Gasteiger partial charge in [0, 0.05) is 16.6 Å². The number of hydrogen-bond acceptors (Lipinski definition) is 2. The molecule has 3 heteroatoms. The number of hydrogen-bond donors (Lipinski definition) is 2. The average Bonchev–Trinajstić information content (AvgIpc) is 2.55. The van der Waals surface area contributed by atoms with Crippen molar-refractivity contribution in [1.29, 1.82) is 0 Å². The molecule has 4 rings (SSSR count). The minimum atomic E-state index is -0.119. The number of rotatable bonds is 2. The van der Waals surface area contributed by atoms with Gasteiger partial charge in [-0.05, 0) is 35.0 Å². The summed E-state index contributed by atoms with van der Waals surface area (Å²) in [5.41, 5.74) is 2.18. The van der Waals surface area contributed by atoms with Gasteiger partial charge in [-0.3, -0.25) is 4.79 Å². The van der Waals surface area contributed by atoms with Crippen molar-refractivity contribution in [3.8, 4) is 0 Å². The quantitative estimate of drug-likeness (QED) is 0.572. The molecule has 3 aromatic carbocycles. The molecule has 0 atom stereocenters. The lowest BCUT2D eigenvalue weighted by molar-refractivity contribution is 1.30. The molecule has 0 spiro atoms. The maximum Gasteiger partial charge on any atom is 0.272 e. The molecule has 1 heterocycles. The molecule has 0 amide bonds. The second kappa shape index (κ2) is 5.04. The van der Waals surface area contributed by atoms with Crippen molar-refractivity contribution < 1.29 is 0 Å². The van der Waals surface area contributed by atoms with Crippen molar-refractivity contribution >= 4 is 33.1 Å². The fraction of sp³-hybridized carbons (Fsp3) is 0. The third-order valence-electron chi connectivity index (χ3n) is 3.78. The van der Waals surface area contributed by atoms with Crippen molar-refractivity contribution in [2.45, 2.75) is 0 Å². The number of aromatic nitrogens is 1. The highest BCUT2D eigenvalue weighted by molar-refractivity contribution is 5.87. The molecule has 1 aromatic heterocycles. The standard InChI is InChI=1S/C19H14N2O/c22-19-18(12-15-7-3-4-8-17(15)21-19)20-16-10-9-13-5-1-2-6-14(13)11-16/h1-12,20H,(H,21,22). The number of aromatic amines is 1. The molecule has 2 N–H and O–H groups in total. The minimum absolute atomic E-state index is 0.119. The molecule has 0 fully saturated rings. The van der Waals surface area contributed by atoms with E-state index in [-0.39, 0.29) is 5.56 Å². The molecule has 0 unspecified atom stereocenters. The molecule has 0 saturated heterocycles. The average molecular weight is 286 g/mol. The molecule has 0 radical (unpaired) electrons. The molecule has 22 heavy (non-hydrogen) atoms. The van der Waals surface area contributed by atoms with Crippen molar-refractivity contribution in [2.24, 2.45) is 0 Å². The summed E-state index contributed by atoms with van der Waals surface area (Å²) in [5, 5.41) is 6.54. The van der Waals surface area contributed by atoms with E-state index in [1.807, 2.05) is 60.7 Å². The van der Waals surface area contributed by atoms with Gasteiger partial charge in [0.2, 0.25) is 0 Å². The number of anilines is 2. The SMILES string of the molecule is O=c1[nH]c2ccccc2cc1Nc1ccc2ccccc2c1. The Morgan fingerprint density at radius 1 is 0.727 bits per heavy atom. The highest BCUT2D eigenvalue weighted by atomic mass is 16.1. The topological polar surface area (TPSA) is 44.9 Å². The van der Waals surface area contributed by atoms with Crippen LogP contribution in [-0.4, -0.2) is 4.98 Å². The summed E-state index contributed by atoms with van der Waals surface area (Å²) in [7, 11) is 0. The van der Waals surface area contributed by atoms with Crippen LogP contribution in [0, 0.1) is 0 Å². The van der Waals surface area contributed by atoms with Gasteiger partial charge in [0.05, 0.1) is 0 Å². The Balaban J connectivity index is 1.78. The van der Waals surface area contributed by atoms with Crippen LogP contribution in [0.5, 0.6) is 0 Å². The first-order chi connectivity index (χ1) is 10.8. The van der Waals surface area contributed by atoms with Crippen molar-refractivity contribution in [3.63, 3.8) is 0 Å². The Morgan fingerprint density at radius 2 is 1.45 bits per heavy atom. The minimum Gasteiger partial charge on any atom is -0.351 e. The Kier molecular flexibility index (Phi) is 2.90. The molecular weight excluding hydrogens is 272 g/mol. The predicted molar refractivity (Wildman–Crippen MR) is 91.8 cm³/mol. The van der Waals surface area contributed by atoms with Crippen LogP contribution in [0.4, 0.5) is 11.4 Å². The maximum atomic E-state index is 12.2. The number of para-hydroxylation sites is 1. The fourth-order valence-electron chi connectivity index (χ4n) is 2.66. The molecule has 0 bridgehead atoms. The molecule has 0 aliphatic rings. The summed E-state index contributed by atoms with van der Waals surface area (Å²) in [6.45, 7) is 0. The molecule has 0 aliphatic heterocycles. The highest BCUT2D eigenvalue weighted by Crippen LogP contribution is 2.22. The van der Waals surface area contributed by atoms with Gasteiger partial charge in [-0.2, -0.15) is 0 Å². The van der Waals surface area contributed by atoms with Crippen molar-refractivity contribution in [3.05, 3.63) is 83.2 Å². The van der Waals surface area contributed by atoms with Gasteiger partial charge < -0.3 is 10.3 Å². The van der Waals surface area contributed by atoms with Crippen LogP contribution in [0.3, 0.4) is 0 Å². The van der Waals surface area contributed by atoms with Crippen LogP contribution in [0.2, 0.25) is 0 Å². The van der Waals surface area contributed by atoms with Gasteiger partial charge in [0.1, 0.15) is 5.69 Å². The van der Waals surface area contributed by atoms with E-state index >= 15 is 0 Å². The van der Waals surface area contributed by atoms with Gasteiger partial charge in [0.25, 0.3) is 5.56 Å². The second-order valence-electron chi connectivity index (χ2n) is 5.29. The smallest absolute Gasteiger partial charge is 0.272 e. The van der Waals surface area contributed by atoms with E-state index < -0.39 is 0 Å². The molecule has 4 aromatic rings. The zero-order valence-electron chi connectivity index (χ0n) is 11.8.